The first-order chi connectivity index (χ1) is 9.85. The van der Waals surface area contributed by atoms with Crippen LogP contribution in [0.3, 0.4) is 0 Å². The molecule has 0 aromatic heterocycles. The Kier molecular flexibility index (Phi) is 6.65. The van der Waals surface area contributed by atoms with Gasteiger partial charge >= 0.3 is 5.97 Å². The molecule has 1 N–H and O–H groups in total. The van der Waals surface area contributed by atoms with Gasteiger partial charge in [-0.2, -0.15) is 0 Å². The molecule has 1 amide bonds. The number of rotatable bonds is 10. The Morgan fingerprint density at radius 3 is 2.57 bits per heavy atom. The molecule has 1 fully saturated rings. The van der Waals surface area contributed by atoms with Crippen LogP contribution in [0.1, 0.15) is 47.0 Å². The van der Waals surface area contributed by atoms with Gasteiger partial charge in [0.25, 0.3) is 0 Å². The van der Waals surface area contributed by atoms with Crippen LogP contribution in [0.15, 0.2) is 0 Å². The zero-order chi connectivity index (χ0) is 16.0. The normalized spacial score (nSPS) is 25.4. The average Bonchev–Trinajstić information content (AvgIpc) is 3.14. The number of carboxylic acids is 1. The molecule has 0 radical (unpaired) electrons. The van der Waals surface area contributed by atoms with Gasteiger partial charge in [-0.1, -0.05) is 20.8 Å². The highest BCUT2D eigenvalue weighted by atomic mass is 16.5. The number of ether oxygens (including phenoxy) is 1. The van der Waals surface area contributed by atoms with Gasteiger partial charge in [-0.3, -0.25) is 9.59 Å². The van der Waals surface area contributed by atoms with Crippen LogP contribution in [0.2, 0.25) is 0 Å². The minimum atomic E-state index is -0.855. The monoisotopic (exact) mass is 299 g/mol. The van der Waals surface area contributed by atoms with Crippen molar-refractivity contribution < 1.29 is 19.4 Å². The number of nitrogens with zero attached hydrogens (tertiary/aromatic N) is 1. The second-order valence-electron chi connectivity index (χ2n) is 6.34. The first-order valence-electron chi connectivity index (χ1n) is 7.95. The fraction of sp³-hybridized carbons (Fsp3) is 0.875. The van der Waals surface area contributed by atoms with Crippen LogP contribution in [0.5, 0.6) is 0 Å². The van der Waals surface area contributed by atoms with Crippen LogP contribution in [0.4, 0.5) is 0 Å². The first kappa shape index (κ1) is 18.0. The predicted molar refractivity (Wildman–Crippen MR) is 81.0 cm³/mol. The Labute approximate surface area is 127 Å². The molecule has 0 spiro atoms. The quantitative estimate of drug-likeness (QED) is 0.629. The lowest BCUT2D eigenvalue weighted by atomic mass is 10.0. The maximum atomic E-state index is 12.6. The van der Waals surface area contributed by atoms with E-state index in [1.165, 1.54) is 0 Å². The molecule has 0 saturated heterocycles. The van der Waals surface area contributed by atoms with Crippen LogP contribution in [0, 0.1) is 17.3 Å². The number of hydrogen-bond acceptors (Lipinski definition) is 3. The molecule has 0 heterocycles. The third kappa shape index (κ3) is 4.99. The molecule has 3 atom stereocenters. The van der Waals surface area contributed by atoms with E-state index in [1.54, 1.807) is 11.8 Å². The van der Waals surface area contributed by atoms with Crippen LogP contribution in [-0.2, 0) is 14.3 Å². The Bertz CT molecular complexity index is 371. The summed E-state index contributed by atoms with van der Waals surface area (Å²) in [5.74, 6) is -1.21. The molecule has 21 heavy (non-hydrogen) atoms. The second-order valence-corrected chi connectivity index (χ2v) is 6.34. The number of aliphatic carboxylic acids is 1. The number of carboxylic acid groups (broad SMARTS) is 1. The van der Waals surface area contributed by atoms with Gasteiger partial charge < -0.3 is 14.7 Å². The third-order valence-corrected chi connectivity index (χ3v) is 4.61. The molecule has 0 aromatic rings. The summed E-state index contributed by atoms with van der Waals surface area (Å²) in [6.45, 7) is 9.96. The summed E-state index contributed by atoms with van der Waals surface area (Å²) in [5.41, 5.74) is 0.113. The molecule has 1 saturated carbocycles. The van der Waals surface area contributed by atoms with Crippen molar-refractivity contribution in [1.82, 2.24) is 4.90 Å². The summed E-state index contributed by atoms with van der Waals surface area (Å²) in [5, 5.41) is 9.06. The van der Waals surface area contributed by atoms with Crippen molar-refractivity contribution >= 4 is 11.9 Å². The molecular weight excluding hydrogens is 270 g/mol. The van der Waals surface area contributed by atoms with Crippen molar-refractivity contribution in [1.29, 1.82) is 0 Å². The molecule has 5 heteroatoms. The van der Waals surface area contributed by atoms with E-state index in [2.05, 4.69) is 13.8 Å². The lowest BCUT2D eigenvalue weighted by molar-refractivity contribution is -0.143. The first-order valence-corrected chi connectivity index (χ1v) is 7.95. The SMILES string of the molecule is CCOCCCN(CC(C)C(=O)O)C(=O)C1CC1(C)CC. The molecule has 0 bridgehead atoms. The summed E-state index contributed by atoms with van der Waals surface area (Å²) in [6, 6.07) is 0. The maximum absolute atomic E-state index is 12.6. The minimum Gasteiger partial charge on any atom is -0.481 e. The smallest absolute Gasteiger partial charge is 0.308 e. The summed E-state index contributed by atoms with van der Waals surface area (Å²) >= 11 is 0. The zero-order valence-electron chi connectivity index (χ0n) is 13.7. The summed E-state index contributed by atoms with van der Waals surface area (Å²) in [6.07, 6.45) is 2.66. The zero-order valence-corrected chi connectivity index (χ0v) is 13.7. The van der Waals surface area contributed by atoms with Crippen LogP contribution >= 0.6 is 0 Å². The molecular formula is C16H29NO4. The topological polar surface area (TPSA) is 66.8 Å². The van der Waals surface area contributed by atoms with E-state index < -0.39 is 11.9 Å². The molecule has 3 unspecified atom stereocenters. The van der Waals surface area contributed by atoms with Gasteiger partial charge in [0.05, 0.1) is 5.92 Å². The number of hydrogen-bond donors (Lipinski definition) is 1. The number of carbonyl (C=O) groups excluding carboxylic acids is 1. The highest BCUT2D eigenvalue weighted by Gasteiger charge is 2.54. The van der Waals surface area contributed by atoms with E-state index in [4.69, 9.17) is 9.84 Å². The summed E-state index contributed by atoms with van der Waals surface area (Å²) < 4.78 is 5.30. The molecule has 1 aliphatic carbocycles. The molecule has 1 aliphatic rings. The van der Waals surface area contributed by atoms with E-state index in [0.717, 1.165) is 19.3 Å². The van der Waals surface area contributed by atoms with Crippen LogP contribution < -0.4 is 0 Å². The van der Waals surface area contributed by atoms with E-state index in [-0.39, 0.29) is 23.8 Å². The van der Waals surface area contributed by atoms with Crippen LogP contribution in [0.25, 0.3) is 0 Å². The van der Waals surface area contributed by atoms with Crippen LogP contribution in [-0.4, -0.2) is 48.2 Å². The lowest BCUT2D eigenvalue weighted by Gasteiger charge is -2.25. The fourth-order valence-corrected chi connectivity index (χ4v) is 2.61. The van der Waals surface area contributed by atoms with Gasteiger partial charge in [0.1, 0.15) is 0 Å². The highest BCUT2D eigenvalue weighted by molar-refractivity contribution is 5.83. The Morgan fingerprint density at radius 1 is 1.43 bits per heavy atom. The predicted octanol–water partition coefficient (Wildman–Crippen LogP) is 2.40. The van der Waals surface area contributed by atoms with Crippen molar-refractivity contribution in [3.05, 3.63) is 0 Å². The van der Waals surface area contributed by atoms with Crippen molar-refractivity contribution in [3.63, 3.8) is 0 Å². The third-order valence-electron chi connectivity index (χ3n) is 4.61. The molecule has 0 aromatic carbocycles. The molecule has 0 aliphatic heterocycles. The maximum Gasteiger partial charge on any atom is 0.308 e. The summed E-state index contributed by atoms with van der Waals surface area (Å²) in [4.78, 5) is 25.4. The van der Waals surface area contributed by atoms with E-state index in [0.29, 0.717) is 19.8 Å². The van der Waals surface area contributed by atoms with Crippen molar-refractivity contribution in [2.75, 3.05) is 26.3 Å². The van der Waals surface area contributed by atoms with E-state index in [1.807, 2.05) is 6.92 Å². The number of amides is 1. The van der Waals surface area contributed by atoms with Gasteiger partial charge in [-0.15, -0.1) is 0 Å². The Balaban J connectivity index is 2.58. The fourth-order valence-electron chi connectivity index (χ4n) is 2.61. The average molecular weight is 299 g/mol. The minimum absolute atomic E-state index is 0.0654. The van der Waals surface area contributed by atoms with Gasteiger partial charge in [0, 0.05) is 32.2 Å². The largest absolute Gasteiger partial charge is 0.481 e. The second kappa shape index (κ2) is 7.78. The Hall–Kier alpha value is -1.10. The molecule has 1 rings (SSSR count). The molecule has 122 valence electrons. The van der Waals surface area contributed by atoms with Gasteiger partial charge in [0.2, 0.25) is 5.91 Å². The van der Waals surface area contributed by atoms with Crippen molar-refractivity contribution in [3.8, 4) is 0 Å². The Morgan fingerprint density at radius 2 is 2.10 bits per heavy atom. The van der Waals surface area contributed by atoms with E-state index in [9.17, 15) is 9.59 Å². The van der Waals surface area contributed by atoms with Crippen molar-refractivity contribution in [2.45, 2.75) is 47.0 Å². The van der Waals surface area contributed by atoms with Gasteiger partial charge in [0.15, 0.2) is 0 Å². The number of carbonyl (C=O) groups is 2. The summed E-state index contributed by atoms with van der Waals surface area (Å²) in [7, 11) is 0. The highest BCUT2D eigenvalue weighted by Crippen LogP contribution is 2.55. The van der Waals surface area contributed by atoms with Gasteiger partial charge in [-0.05, 0) is 31.6 Å². The van der Waals surface area contributed by atoms with Gasteiger partial charge in [-0.25, -0.2) is 0 Å². The standard InChI is InChI=1S/C16H29NO4/c1-5-16(4)10-13(16)14(18)17(8-7-9-21-6-2)11-12(3)15(19)20/h12-13H,5-11H2,1-4H3,(H,19,20). The molecule has 5 nitrogen and oxygen atoms in total. The lowest BCUT2D eigenvalue weighted by Crippen LogP contribution is -2.39. The van der Waals surface area contributed by atoms with E-state index >= 15 is 0 Å². The van der Waals surface area contributed by atoms with Crippen molar-refractivity contribution in [2.24, 2.45) is 17.3 Å².